The third-order valence-corrected chi connectivity index (χ3v) is 3.07. The normalized spacial score (nSPS) is 17.0. The Labute approximate surface area is 102 Å². The maximum Gasteiger partial charge on any atom is 0.213 e. The molecule has 1 aromatic heterocycles. The number of ether oxygens (including phenoxy) is 2. The smallest absolute Gasteiger partial charge is 0.213 e. The molecule has 0 saturated carbocycles. The summed E-state index contributed by atoms with van der Waals surface area (Å²) in [6, 6.07) is 5.85. The highest BCUT2D eigenvalue weighted by Gasteiger charge is 2.12. The molecule has 0 aliphatic carbocycles. The van der Waals surface area contributed by atoms with Crippen molar-refractivity contribution in [1.29, 1.82) is 0 Å². The predicted octanol–water partition coefficient (Wildman–Crippen LogP) is 1.61. The van der Waals surface area contributed by atoms with Gasteiger partial charge in [0.2, 0.25) is 5.88 Å². The van der Waals surface area contributed by atoms with Crippen molar-refractivity contribution in [3.05, 3.63) is 23.9 Å². The SMILES string of the molecule is COc1cccc(CNCC2CCOCC2)n1. The van der Waals surface area contributed by atoms with Crippen LogP contribution in [0.2, 0.25) is 0 Å². The topological polar surface area (TPSA) is 43.4 Å². The van der Waals surface area contributed by atoms with Crippen LogP contribution >= 0.6 is 0 Å². The maximum absolute atomic E-state index is 5.34. The Bertz CT molecular complexity index is 338. The molecule has 0 bridgehead atoms. The molecule has 0 unspecified atom stereocenters. The van der Waals surface area contributed by atoms with E-state index in [0.717, 1.165) is 37.9 Å². The minimum Gasteiger partial charge on any atom is -0.481 e. The van der Waals surface area contributed by atoms with Gasteiger partial charge in [-0.25, -0.2) is 4.98 Å². The second kappa shape index (κ2) is 6.57. The minimum absolute atomic E-state index is 0.676. The first-order chi connectivity index (χ1) is 8.38. The van der Waals surface area contributed by atoms with Crippen molar-refractivity contribution in [3.63, 3.8) is 0 Å². The molecule has 4 heteroatoms. The summed E-state index contributed by atoms with van der Waals surface area (Å²) in [7, 11) is 1.64. The van der Waals surface area contributed by atoms with Crippen molar-refractivity contribution in [2.24, 2.45) is 5.92 Å². The van der Waals surface area contributed by atoms with E-state index >= 15 is 0 Å². The van der Waals surface area contributed by atoms with Crippen LogP contribution in [-0.4, -0.2) is 31.9 Å². The van der Waals surface area contributed by atoms with Crippen molar-refractivity contribution < 1.29 is 9.47 Å². The maximum atomic E-state index is 5.34. The van der Waals surface area contributed by atoms with Crippen LogP contribution < -0.4 is 10.1 Å². The molecule has 0 aromatic carbocycles. The second-order valence-corrected chi connectivity index (χ2v) is 4.36. The number of rotatable bonds is 5. The van der Waals surface area contributed by atoms with Gasteiger partial charge in [0.15, 0.2) is 0 Å². The van der Waals surface area contributed by atoms with Gasteiger partial charge in [0.25, 0.3) is 0 Å². The first-order valence-electron chi connectivity index (χ1n) is 6.17. The Morgan fingerprint density at radius 1 is 1.41 bits per heavy atom. The van der Waals surface area contributed by atoms with E-state index < -0.39 is 0 Å². The molecule has 0 spiro atoms. The number of aromatic nitrogens is 1. The lowest BCUT2D eigenvalue weighted by atomic mass is 10.0. The zero-order valence-electron chi connectivity index (χ0n) is 10.3. The Balaban J connectivity index is 1.73. The zero-order valence-corrected chi connectivity index (χ0v) is 10.3. The van der Waals surface area contributed by atoms with Crippen LogP contribution in [0.3, 0.4) is 0 Å². The monoisotopic (exact) mass is 236 g/mol. The summed E-state index contributed by atoms with van der Waals surface area (Å²) in [6.45, 7) is 3.66. The first kappa shape index (κ1) is 12.3. The number of hydrogen-bond acceptors (Lipinski definition) is 4. The van der Waals surface area contributed by atoms with E-state index in [1.165, 1.54) is 12.8 Å². The Morgan fingerprint density at radius 2 is 2.24 bits per heavy atom. The highest BCUT2D eigenvalue weighted by atomic mass is 16.5. The lowest BCUT2D eigenvalue weighted by molar-refractivity contribution is 0.0662. The fourth-order valence-corrected chi connectivity index (χ4v) is 2.02. The van der Waals surface area contributed by atoms with Crippen molar-refractivity contribution >= 4 is 0 Å². The Kier molecular flexibility index (Phi) is 4.76. The van der Waals surface area contributed by atoms with Gasteiger partial charge in [-0.15, -0.1) is 0 Å². The highest BCUT2D eigenvalue weighted by molar-refractivity contribution is 5.15. The Morgan fingerprint density at radius 3 is 3.00 bits per heavy atom. The summed E-state index contributed by atoms with van der Waals surface area (Å²) in [6.07, 6.45) is 2.33. The molecule has 1 saturated heterocycles. The van der Waals surface area contributed by atoms with Gasteiger partial charge in [0, 0.05) is 25.8 Å². The molecule has 0 atom stereocenters. The van der Waals surface area contributed by atoms with E-state index in [-0.39, 0.29) is 0 Å². The quantitative estimate of drug-likeness (QED) is 0.843. The van der Waals surface area contributed by atoms with Crippen LogP contribution in [0, 0.1) is 5.92 Å². The molecule has 4 nitrogen and oxygen atoms in total. The van der Waals surface area contributed by atoms with Crippen LogP contribution in [0.4, 0.5) is 0 Å². The summed E-state index contributed by atoms with van der Waals surface area (Å²) >= 11 is 0. The number of pyridine rings is 1. The molecule has 2 heterocycles. The van der Waals surface area contributed by atoms with Crippen LogP contribution in [0.25, 0.3) is 0 Å². The van der Waals surface area contributed by atoms with E-state index in [9.17, 15) is 0 Å². The van der Waals surface area contributed by atoms with E-state index in [0.29, 0.717) is 5.88 Å². The van der Waals surface area contributed by atoms with Crippen molar-refractivity contribution in [1.82, 2.24) is 10.3 Å². The minimum atomic E-state index is 0.676. The summed E-state index contributed by atoms with van der Waals surface area (Å²) in [5.74, 6) is 1.42. The zero-order chi connectivity index (χ0) is 11.9. The molecule has 1 aliphatic rings. The molecule has 94 valence electrons. The fourth-order valence-electron chi connectivity index (χ4n) is 2.02. The van der Waals surface area contributed by atoms with E-state index in [2.05, 4.69) is 10.3 Å². The average molecular weight is 236 g/mol. The predicted molar refractivity (Wildman–Crippen MR) is 66.0 cm³/mol. The largest absolute Gasteiger partial charge is 0.481 e. The number of nitrogens with one attached hydrogen (secondary N) is 1. The molecule has 1 aliphatic heterocycles. The van der Waals surface area contributed by atoms with Gasteiger partial charge in [0.05, 0.1) is 12.8 Å². The summed E-state index contributed by atoms with van der Waals surface area (Å²) < 4.78 is 10.4. The number of methoxy groups -OCH3 is 1. The molecule has 1 N–H and O–H groups in total. The van der Waals surface area contributed by atoms with E-state index in [1.54, 1.807) is 7.11 Å². The molecule has 17 heavy (non-hydrogen) atoms. The van der Waals surface area contributed by atoms with Gasteiger partial charge in [0.1, 0.15) is 0 Å². The summed E-state index contributed by atoms with van der Waals surface area (Å²) in [5, 5.41) is 3.45. The summed E-state index contributed by atoms with van der Waals surface area (Å²) in [5.41, 5.74) is 1.02. The molecule has 0 amide bonds. The van der Waals surface area contributed by atoms with Crippen molar-refractivity contribution in [2.45, 2.75) is 19.4 Å². The van der Waals surface area contributed by atoms with E-state index in [1.807, 2.05) is 18.2 Å². The molecule has 0 radical (unpaired) electrons. The first-order valence-corrected chi connectivity index (χ1v) is 6.17. The van der Waals surface area contributed by atoms with Crippen LogP contribution in [0.1, 0.15) is 18.5 Å². The van der Waals surface area contributed by atoms with Crippen molar-refractivity contribution in [2.75, 3.05) is 26.9 Å². The van der Waals surface area contributed by atoms with Gasteiger partial charge in [-0.1, -0.05) is 6.07 Å². The molecule has 2 rings (SSSR count). The van der Waals surface area contributed by atoms with Gasteiger partial charge in [-0.2, -0.15) is 0 Å². The fraction of sp³-hybridized carbons (Fsp3) is 0.615. The molecule has 1 aromatic rings. The second-order valence-electron chi connectivity index (χ2n) is 4.36. The number of hydrogen-bond donors (Lipinski definition) is 1. The lowest BCUT2D eigenvalue weighted by Gasteiger charge is -2.22. The van der Waals surface area contributed by atoms with Gasteiger partial charge in [-0.05, 0) is 31.4 Å². The summed E-state index contributed by atoms with van der Waals surface area (Å²) in [4.78, 5) is 4.36. The Hall–Kier alpha value is -1.13. The molecular formula is C13H20N2O2. The van der Waals surface area contributed by atoms with Gasteiger partial charge in [-0.3, -0.25) is 0 Å². The van der Waals surface area contributed by atoms with E-state index in [4.69, 9.17) is 9.47 Å². The standard InChI is InChI=1S/C13H20N2O2/c1-16-13-4-2-3-12(15-13)10-14-9-11-5-7-17-8-6-11/h2-4,11,14H,5-10H2,1H3. The lowest BCUT2D eigenvalue weighted by Crippen LogP contribution is -2.27. The third-order valence-electron chi connectivity index (χ3n) is 3.07. The third kappa shape index (κ3) is 3.98. The van der Waals surface area contributed by atoms with Gasteiger partial charge >= 0.3 is 0 Å². The molecule has 1 fully saturated rings. The molecular weight excluding hydrogens is 216 g/mol. The van der Waals surface area contributed by atoms with Crippen LogP contribution in [0.15, 0.2) is 18.2 Å². The number of nitrogens with zero attached hydrogens (tertiary/aromatic N) is 1. The highest BCUT2D eigenvalue weighted by Crippen LogP contribution is 2.13. The van der Waals surface area contributed by atoms with Crippen LogP contribution in [-0.2, 0) is 11.3 Å². The average Bonchev–Trinajstić information content (AvgIpc) is 2.40. The van der Waals surface area contributed by atoms with Crippen LogP contribution in [0.5, 0.6) is 5.88 Å². The van der Waals surface area contributed by atoms with Gasteiger partial charge < -0.3 is 14.8 Å². The van der Waals surface area contributed by atoms with Crippen molar-refractivity contribution in [3.8, 4) is 5.88 Å².